The number of H-pyrrole nitrogens is 1. The van der Waals surface area contributed by atoms with Crippen LogP contribution in [0.3, 0.4) is 0 Å². The monoisotopic (exact) mass is 484 g/mol. The van der Waals surface area contributed by atoms with Gasteiger partial charge in [0.2, 0.25) is 0 Å². The Balaban J connectivity index is 1.57. The van der Waals surface area contributed by atoms with Crippen LogP contribution in [0.15, 0.2) is 40.5 Å². The Kier molecular flexibility index (Phi) is 6.96. The number of aromatic amines is 1. The highest BCUT2D eigenvalue weighted by molar-refractivity contribution is 7.98. The van der Waals surface area contributed by atoms with Crippen LogP contribution in [-0.2, 0) is 15.2 Å². The molecule has 0 saturated carbocycles. The molecule has 4 rings (SSSR count). The molecule has 0 fully saturated rings. The maximum Gasteiger partial charge on any atom is 0.348 e. The number of carbonyl (C=O) groups excluding carboxylic acids is 1. The van der Waals surface area contributed by atoms with Crippen LogP contribution >= 0.6 is 23.1 Å². The van der Waals surface area contributed by atoms with E-state index in [4.69, 9.17) is 9.47 Å². The Labute approximate surface area is 199 Å². The molecule has 0 aliphatic rings. The molecule has 0 spiro atoms. The van der Waals surface area contributed by atoms with Crippen molar-refractivity contribution in [1.82, 2.24) is 19.5 Å². The van der Waals surface area contributed by atoms with E-state index in [-0.39, 0.29) is 12.2 Å². The van der Waals surface area contributed by atoms with Gasteiger partial charge in [0.1, 0.15) is 22.1 Å². The van der Waals surface area contributed by atoms with Gasteiger partial charge in [0.25, 0.3) is 5.56 Å². The summed E-state index contributed by atoms with van der Waals surface area (Å²) in [5, 5.41) is 1.22. The van der Waals surface area contributed by atoms with E-state index in [0.717, 1.165) is 10.8 Å². The number of rotatable bonds is 8. The summed E-state index contributed by atoms with van der Waals surface area (Å²) in [6, 6.07) is 6.16. The minimum Gasteiger partial charge on any atom is -0.459 e. The van der Waals surface area contributed by atoms with Crippen molar-refractivity contribution < 1.29 is 14.3 Å². The molecule has 0 unspecified atom stereocenters. The van der Waals surface area contributed by atoms with E-state index in [2.05, 4.69) is 40.9 Å². The van der Waals surface area contributed by atoms with Crippen molar-refractivity contribution in [2.24, 2.45) is 0 Å². The lowest BCUT2D eigenvalue weighted by atomic mass is 10.1. The van der Waals surface area contributed by atoms with Gasteiger partial charge in [0.05, 0.1) is 23.4 Å². The SMILES string of the molecule is COCCOC(=O)c1sc2nc(CSc3nccn3-c3cccc(C)c3C)[nH]c(=O)c2c1C. The Morgan fingerprint density at radius 1 is 1.21 bits per heavy atom. The summed E-state index contributed by atoms with van der Waals surface area (Å²) in [6.07, 6.45) is 3.68. The molecule has 0 radical (unpaired) electrons. The number of methoxy groups -OCH3 is 1. The number of imidazole rings is 1. The third-order valence-corrected chi connectivity index (χ3v) is 7.48. The van der Waals surface area contributed by atoms with Gasteiger partial charge >= 0.3 is 5.97 Å². The molecular formula is C23H24N4O4S2. The summed E-state index contributed by atoms with van der Waals surface area (Å²) in [6.45, 7) is 6.37. The van der Waals surface area contributed by atoms with E-state index < -0.39 is 5.97 Å². The number of thiophene rings is 1. The second kappa shape index (κ2) is 9.90. The van der Waals surface area contributed by atoms with Crippen molar-refractivity contribution in [3.63, 3.8) is 0 Å². The fourth-order valence-electron chi connectivity index (χ4n) is 3.44. The van der Waals surface area contributed by atoms with E-state index in [9.17, 15) is 9.59 Å². The molecule has 3 heterocycles. The second-order valence-electron chi connectivity index (χ2n) is 7.47. The zero-order valence-electron chi connectivity index (χ0n) is 18.8. The number of aromatic nitrogens is 4. The van der Waals surface area contributed by atoms with Gasteiger partial charge in [0, 0.05) is 19.5 Å². The zero-order chi connectivity index (χ0) is 23.5. The molecule has 33 heavy (non-hydrogen) atoms. The minimum atomic E-state index is -0.474. The highest BCUT2D eigenvalue weighted by Gasteiger charge is 2.20. The molecule has 1 N–H and O–H groups in total. The summed E-state index contributed by atoms with van der Waals surface area (Å²) in [5.74, 6) is 0.476. The number of thioether (sulfide) groups is 1. The van der Waals surface area contributed by atoms with Crippen molar-refractivity contribution in [3.8, 4) is 5.69 Å². The number of nitrogens with one attached hydrogen (secondary N) is 1. The van der Waals surface area contributed by atoms with E-state index in [1.165, 1.54) is 41.3 Å². The van der Waals surface area contributed by atoms with Crippen LogP contribution in [0.1, 0.15) is 32.2 Å². The molecule has 0 bridgehead atoms. The molecule has 3 aromatic heterocycles. The predicted molar refractivity (Wildman–Crippen MR) is 130 cm³/mol. The van der Waals surface area contributed by atoms with Gasteiger partial charge in [-0.25, -0.2) is 14.8 Å². The largest absolute Gasteiger partial charge is 0.459 e. The maximum absolute atomic E-state index is 12.8. The molecule has 0 saturated heterocycles. The van der Waals surface area contributed by atoms with Gasteiger partial charge in [-0.05, 0) is 43.5 Å². The highest BCUT2D eigenvalue weighted by Crippen LogP contribution is 2.29. The van der Waals surface area contributed by atoms with E-state index in [1.54, 1.807) is 13.1 Å². The summed E-state index contributed by atoms with van der Waals surface area (Å²) >= 11 is 2.65. The number of carbonyl (C=O) groups is 1. The standard InChI is InChI=1S/C23H24N4O4S2/c1-13-6-5-7-16(14(13)2)27-9-8-24-23(27)32-12-17-25-20(28)18-15(3)19(33-21(18)26-17)22(29)31-11-10-30-4/h5-9H,10-12H2,1-4H3,(H,25,26,28). The van der Waals surface area contributed by atoms with Crippen molar-refractivity contribution in [2.75, 3.05) is 20.3 Å². The molecule has 172 valence electrons. The summed E-state index contributed by atoms with van der Waals surface area (Å²) in [5.41, 5.74) is 3.77. The first kappa shape index (κ1) is 23.2. The van der Waals surface area contributed by atoms with Crippen LogP contribution in [-0.4, -0.2) is 45.8 Å². The molecule has 0 amide bonds. The van der Waals surface area contributed by atoms with Gasteiger partial charge in [-0.1, -0.05) is 23.9 Å². The summed E-state index contributed by atoms with van der Waals surface area (Å²) < 4.78 is 12.2. The number of aryl methyl sites for hydroxylation is 2. The fourth-order valence-corrected chi connectivity index (χ4v) is 5.37. The van der Waals surface area contributed by atoms with Crippen molar-refractivity contribution in [3.05, 3.63) is 68.3 Å². The first-order chi connectivity index (χ1) is 15.9. The third kappa shape index (κ3) is 4.73. The molecule has 10 heteroatoms. The smallest absolute Gasteiger partial charge is 0.348 e. The van der Waals surface area contributed by atoms with Gasteiger partial charge in [-0.2, -0.15) is 0 Å². The second-order valence-corrected chi connectivity index (χ2v) is 9.41. The van der Waals surface area contributed by atoms with Gasteiger partial charge in [-0.3, -0.25) is 9.36 Å². The van der Waals surface area contributed by atoms with Crippen LogP contribution in [0.2, 0.25) is 0 Å². The first-order valence-corrected chi connectivity index (χ1v) is 12.1. The minimum absolute atomic E-state index is 0.155. The molecule has 8 nitrogen and oxygen atoms in total. The van der Waals surface area contributed by atoms with Crippen LogP contribution < -0.4 is 5.56 Å². The molecular weight excluding hydrogens is 460 g/mol. The van der Waals surface area contributed by atoms with E-state index in [1.807, 2.05) is 16.8 Å². The number of hydrogen-bond acceptors (Lipinski definition) is 8. The molecule has 1 aromatic carbocycles. The van der Waals surface area contributed by atoms with Gasteiger partial charge in [-0.15, -0.1) is 11.3 Å². The Morgan fingerprint density at radius 3 is 2.82 bits per heavy atom. The molecule has 0 aliphatic carbocycles. The summed E-state index contributed by atoms with van der Waals surface area (Å²) in [7, 11) is 1.54. The number of nitrogens with zero attached hydrogens (tertiary/aromatic N) is 3. The van der Waals surface area contributed by atoms with Crippen LogP contribution in [0, 0.1) is 20.8 Å². The zero-order valence-corrected chi connectivity index (χ0v) is 20.4. The van der Waals surface area contributed by atoms with Crippen molar-refractivity contribution in [2.45, 2.75) is 31.7 Å². The number of hydrogen-bond donors (Lipinski definition) is 1. The van der Waals surface area contributed by atoms with E-state index >= 15 is 0 Å². The lowest BCUT2D eigenvalue weighted by Crippen LogP contribution is -2.12. The molecule has 0 aliphatic heterocycles. The number of ether oxygens (including phenoxy) is 2. The predicted octanol–water partition coefficient (Wildman–Crippen LogP) is 4.19. The Bertz CT molecular complexity index is 1370. The van der Waals surface area contributed by atoms with Crippen LogP contribution in [0.4, 0.5) is 0 Å². The van der Waals surface area contributed by atoms with E-state index in [0.29, 0.717) is 38.8 Å². The quantitative estimate of drug-likeness (QED) is 0.227. The average molecular weight is 485 g/mol. The van der Waals surface area contributed by atoms with Gasteiger partial charge in [0.15, 0.2) is 5.16 Å². The molecule has 0 atom stereocenters. The first-order valence-electron chi connectivity index (χ1n) is 10.3. The Morgan fingerprint density at radius 2 is 2.03 bits per heavy atom. The number of esters is 1. The van der Waals surface area contributed by atoms with Crippen molar-refractivity contribution >= 4 is 39.3 Å². The summed E-state index contributed by atoms with van der Waals surface area (Å²) in [4.78, 5) is 38.0. The Hall–Kier alpha value is -2.95. The molecule has 4 aromatic rings. The lowest BCUT2D eigenvalue weighted by Gasteiger charge is -2.12. The normalized spacial score (nSPS) is 11.3. The topological polar surface area (TPSA) is 99.1 Å². The maximum atomic E-state index is 12.8. The van der Waals surface area contributed by atoms with Gasteiger partial charge < -0.3 is 14.5 Å². The fraction of sp³-hybridized carbons (Fsp3) is 0.304. The number of fused-ring (bicyclic) bond motifs is 1. The highest BCUT2D eigenvalue weighted by atomic mass is 32.2. The van der Waals surface area contributed by atoms with Crippen LogP contribution in [0.25, 0.3) is 15.9 Å². The lowest BCUT2D eigenvalue weighted by molar-refractivity contribution is 0.0393. The third-order valence-electron chi connectivity index (χ3n) is 5.34. The van der Waals surface area contributed by atoms with Crippen molar-refractivity contribution in [1.29, 1.82) is 0 Å². The number of benzene rings is 1. The average Bonchev–Trinajstić information content (AvgIpc) is 3.39. The van der Waals surface area contributed by atoms with Crippen LogP contribution in [0.5, 0.6) is 0 Å².